The van der Waals surface area contributed by atoms with Crippen molar-refractivity contribution in [3.05, 3.63) is 54.0 Å². The molecule has 1 unspecified atom stereocenters. The average Bonchev–Trinajstić information content (AvgIpc) is 3.10. The third-order valence-corrected chi connectivity index (χ3v) is 4.72. The van der Waals surface area contributed by atoms with Gasteiger partial charge in [-0.3, -0.25) is 4.79 Å². The van der Waals surface area contributed by atoms with E-state index < -0.39 is 0 Å². The third kappa shape index (κ3) is 4.02. The fraction of sp³-hybridized carbons (Fsp3) is 0.421. The van der Waals surface area contributed by atoms with Gasteiger partial charge >= 0.3 is 0 Å². The number of para-hydroxylation sites is 1. The zero-order valence-corrected chi connectivity index (χ0v) is 13.6. The van der Waals surface area contributed by atoms with Gasteiger partial charge in [0.05, 0.1) is 11.8 Å². The van der Waals surface area contributed by atoms with Crippen LogP contribution in [0.15, 0.2) is 47.3 Å². The van der Waals surface area contributed by atoms with Crippen molar-refractivity contribution in [2.45, 2.75) is 38.1 Å². The second kappa shape index (κ2) is 7.47. The van der Waals surface area contributed by atoms with Gasteiger partial charge in [-0.2, -0.15) is 0 Å². The summed E-state index contributed by atoms with van der Waals surface area (Å²) in [7, 11) is 2.22. The van der Waals surface area contributed by atoms with Crippen molar-refractivity contribution in [3.8, 4) is 0 Å². The Kier molecular flexibility index (Phi) is 5.13. The van der Waals surface area contributed by atoms with Crippen LogP contribution in [0.4, 0.5) is 5.69 Å². The van der Waals surface area contributed by atoms with Crippen molar-refractivity contribution in [3.63, 3.8) is 0 Å². The molecule has 1 atom stereocenters. The van der Waals surface area contributed by atoms with Gasteiger partial charge in [0.15, 0.2) is 0 Å². The first-order chi connectivity index (χ1) is 11.2. The fourth-order valence-corrected chi connectivity index (χ4v) is 3.28. The van der Waals surface area contributed by atoms with E-state index in [0.717, 1.165) is 18.5 Å². The molecule has 0 aliphatic carbocycles. The summed E-state index contributed by atoms with van der Waals surface area (Å²) in [6.45, 7) is 1.20. The molecule has 0 spiro atoms. The molecule has 3 rings (SSSR count). The number of nitrogens with one attached hydrogen (secondary N) is 1. The van der Waals surface area contributed by atoms with Crippen molar-refractivity contribution in [1.82, 2.24) is 4.90 Å². The number of piperidine rings is 1. The number of amides is 1. The summed E-state index contributed by atoms with van der Waals surface area (Å²) in [5.41, 5.74) is 2.65. The van der Waals surface area contributed by atoms with Gasteiger partial charge in [-0.1, -0.05) is 24.6 Å². The molecule has 1 saturated heterocycles. The highest BCUT2D eigenvalue weighted by molar-refractivity contribution is 6.04. The van der Waals surface area contributed by atoms with Crippen LogP contribution in [-0.4, -0.2) is 30.4 Å². The molecule has 1 aliphatic rings. The van der Waals surface area contributed by atoms with Gasteiger partial charge in [-0.05, 0) is 57.0 Å². The maximum Gasteiger partial charge on any atom is 0.258 e. The molecule has 2 aromatic rings. The van der Waals surface area contributed by atoms with Crippen molar-refractivity contribution >= 4 is 11.6 Å². The Hall–Kier alpha value is -2.07. The van der Waals surface area contributed by atoms with E-state index in [1.807, 2.05) is 18.2 Å². The molecule has 1 aliphatic heterocycles. The minimum atomic E-state index is -0.124. The van der Waals surface area contributed by atoms with Crippen molar-refractivity contribution < 1.29 is 9.21 Å². The van der Waals surface area contributed by atoms with Crippen LogP contribution in [0.5, 0.6) is 0 Å². The standard InChI is InChI=1S/C19H24N2O2/c1-21-12-5-4-7-17(21)10-9-15-6-2-3-8-18(15)20-19(22)16-11-13-23-14-16/h2-3,6,8,11,13-14,17H,4-5,7,9-10,12H2,1H3,(H,20,22). The van der Waals surface area contributed by atoms with Crippen LogP contribution in [0.2, 0.25) is 0 Å². The molecule has 0 saturated carbocycles. The zero-order chi connectivity index (χ0) is 16.1. The molecule has 1 aromatic carbocycles. The summed E-state index contributed by atoms with van der Waals surface area (Å²) >= 11 is 0. The van der Waals surface area contributed by atoms with Crippen molar-refractivity contribution in [2.75, 3.05) is 18.9 Å². The molecular formula is C19H24N2O2. The van der Waals surface area contributed by atoms with Crippen LogP contribution in [-0.2, 0) is 6.42 Å². The first-order valence-electron chi connectivity index (χ1n) is 8.36. The van der Waals surface area contributed by atoms with Gasteiger partial charge in [-0.25, -0.2) is 0 Å². The first-order valence-corrected chi connectivity index (χ1v) is 8.36. The van der Waals surface area contributed by atoms with E-state index in [9.17, 15) is 4.79 Å². The second-order valence-electron chi connectivity index (χ2n) is 6.29. The van der Waals surface area contributed by atoms with Crippen LogP contribution in [0.1, 0.15) is 41.6 Å². The first kappa shape index (κ1) is 15.8. The van der Waals surface area contributed by atoms with E-state index in [1.165, 1.54) is 43.9 Å². The van der Waals surface area contributed by atoms with Crippen molar-refractivity contribution in [2.24, 2.45) is 0 Å². The van der Waals surface area contributed by atoms with Crippen molar-refractivity contribution in [1.29, 1.82) is 0 Å². The van der Waals surface area contributed by atoms with E-state index in [-0.39, 0.29) is 5.91 Å². The van der Waals surface area contributed by atoms with E-state index >= 15 is 0 Å². The minimum absolute atomic E-state index is 0.124. The average molecular weight is 312 g/mol. The third-order valence-electron chi connectivity index (χ3n) is 4.72. The Morgan fingerprint density at radius 2 is 2.17 bits per heavy atom. The summed E-state index contributed by atoms with van der Waals surface area (Å²) in [6.07, 6.45) is 9.01. The van der Waals surface area contributed by atoms with E-state index in [0.29, 0.717) is 11.6 Å². The normalized spacial score (nSPS) is 18.7. The molecule has 1 fully saturated rings. The number of carbonyl (C=O) groups excluding carboxylic acids is 1. The van der Waals surface area contributed by atoms with Gasteiger partial charge in [0, 0.05) is 11.7 Å². The predicted octanol–water partition coefficient (Wildman–Crippen LogP) is 3.95. The molecule has 4 nitrogen and oxygen atoms in total. The van der Waals surface area contributed by atoms with E-state index in [1.54, 1.807) is 6.07 Å². The maximum absolute atomic E-state index is 12.2. The lowest BCUT2D eigenvalue weighted by Crippen LogP contribution is -2.36. The minimum Gasteiger partial charge on any atom is -0.472 e. The highest BCUT2D eigenvalue weighted by Crippen LogP contribution is 2.23. The summed E-state index contributed by atoms with van der Waals surface area (Å²) in [5.74, 6) is -0.124. The van der Waals surface area contributed by atoms with Crippen LogP contribution < -0.4 is 5.32 Å². The number of nitrogens with zero attached hydrogens (tertiary/aromatic N) is 1. The number of anilines is 1. The number of furan rings is 1. The highest BCUT2D eigenvalue weighted by atomic mass is 16.3. The lowest BCUT2D eigenvalue weighted by molar-refractivity contribution is 0.102. The monoisotopic (exact) mass is 312 g/mol. The fourth-order valence-electron chi connectivity index (χ4n) is 3.28. The Morgan fingerprint density at radius 1 is 1.30 bits per heavy atom. The highest BCUT2D eigenvalue weighted by Gasteiger charge is 2.19. The van der Waals surface area contributed by atoms with Gasteiger partial charge in [-0.15, -0.1) is 0 Å². The lowest BCUT2D eigenvalue weighted by Gasteiger charge is -2.32. The molecule has 1 amide bonds. The summed E-state index contributed by atoms with van der Waals surface area (Å²) in [4.78, 5) is 14.7. The Balaban J connectivity index is 1.64. The lowest BCUT2D eigenvalue weighted by atomic mass is 9.96. The molecule has 2 heterocycles. The zero-order valence-electron chi connectivity index (χ0n) is 13.6. The summed E-state index contributed by atoms with van der Waals surface area (Å²) in [6, 6.07) is 10.4. The SMILES string of the molecule is CN1CCCCC1CCc1ccccc1NC(=O)c1ccoc1. The van der Waals surface area contributed by atoms with Crippen LogP contribution in [0, 0.1) is 0 Å². The molecule has 122 valence electrons. The van der Waals surface area contributed by atoms with Gasteiger partial charge < -0.3 is 14.6 Å². The molecule has 1 N–H and O–H groups in total. The van der Waals surface area contributed by atoms with Crippen LogP contribution in [0.25, 0.3) is 0 Å². The molecule has 23 heavy (non-hydrogen) atoms. The van der Waals surface area contributed by atoms with Gasteiger partial charge in [0.1, 0.15) is 6.26 Å². The molecule has 1 aromatic heterocycles. The van der Waals surface area contributed by atoms with Crippen LogP contribution >= 0.6 is 0 Å². The number of benzene rings is 1. The number of hydrogen-bond acceptors (Lipinski definition) is 3. The van der Waals surface area contributed by atoms with E-state index in [4.69, 9.17) is 4.42 Å². The van der Waals surface area contributed by atoms with Gasteiger partial charge in [0.25, 0.3) is 5.91 Å². The van der Waals surface area contributed by atoms with E-state index in [2.05, 4.69) is 23.3 Å². The van der Waals surface area contributed by atoms with Crippen LogP contribution in [0.3, 0.4) is 0 Å². The maximum atomic E-state index is 12.2. The Labute approximate surface area is 137 Å². The van der Waals surface area contributed by atoms with Gasteiger partial charge in [0.2, 0.25) is 0 Å². The quantitative estimate of drug-likeness (QED) is 0.909. The molecule has 0 radical (unpaired) electrons. The number of rotatable bonds is 5. The summed E-state index contributed by atoms with van der Waals surface area (Å²) in [5, 5.41) is 3.00. The molecule has 4 heteroatoms. The largest absolute Gasteiger partial charge is 0.472 e. The summed E-state index contributed by atoms with van der Waals surface area (Å²) < 4.78 is 4.98. The molecule has 0 bridgehead atoms. The smallest absolute Gasteiger partial charge is 0.258 e. The number of aryl methyl sites for hydroxylation is 1. The molecular weight excluding hydrogens is 288 g/mol. The Morgan fingerprint density at radius 3 is 2.96 bits per heavy atom. The Bertz CT molecular complexity index is 637. The number of carbonyl (C=O) groups is 1. The second-order valence-corrected chi connectivity index (χ2v) is 6.29. The topological polar surface area (TPSA) is 45.5 Å². The predicted molar refractivity (Wildman–Crippen MR) is 91.7 cm³/mol. The number of hydrogen-bond donors (Lipinski definition) is 1. The number of likely N-dealkylation sites (tertiary alicyclic amines) is 1.